The van der Waals surface area contributed by atoms with Crippen molar-refractivity contribution in [3.05, 3.63) is 40.1 Å². The Hall–Kier alpha value is -2.35. The first kappa shape index (κ1) is 19.0. The normalized spacial score (nSPS) is 10.6. The summed E-state index contributed by atoms with van der Waals surface area (Å²) in [7, 11) is 0. The highest BCUT2D eigenvalue weighted by molar-refractivity contribution is 9.10. The Morgan fingerprint density at radius 2 is 2.12 bits per heavy atom. The molecule has 2 amide bonds. The van der Waals surface area contributed by atoms with Crippen LogP contribution >= 0.6 is 15.9 Å². The Bertz CT molecular complexity index is 758. The van der Waals surface area contributed by atoms with E-state index in [0.717, 1.165) is 5.69 Å². The number of halogens is 1. The number of aromatic amines is 1. The first-order valence-electron chi connectivity index (χ1n) is 7.97. The van der Waals surface area contributed by atoms with Crippen molar-refractivity contribution in [1.82, 2.24) is 15.5 Å². The molecule has 134 valence electrons. The molecule has 25 heavy (non-hydrogen) atoms. The molecule has 0 radical (unpaired) electrons. The number of nitrogens with one attached hydrogen (secondary N) is 3. The van der Waals surface area contributed by atoms with Gasteiger partial charge >= 0.3 is 0 Å². The Morgan fingerprint density at radius 1 is 1.36 bits per heavy atom. The number of hydrogen-bond donors (Lipinski definition) is 3. The fourth-order valence-electron chi connectivity index (χ4n) is 2.13. The van der Waals surface area contributed by atoms with Crippen molar-refractivity contribution in [3.8, 4) is 5.75 Å². The van der Waals surface area contributed by atoms with Crippen LogP contribution < -0.4 is 15.4 Å². The van der Waals surface area contributed by atoms with E-state index in [-0.39, 0.29) is 30.0 Å². The average Bonchev–Trinajstić information content (AvgIpc) is 2.95. The number of likely N-dealkylation sites (N-methyl/N-ethyl adjacent to an activating group) is 1. The molecular weight excluding hydrogens is 388 g/mol. The summed E-state index contributed by atoms with van der Waals surface area (Å²) >= 11 is 3.41. The van der Waals surface area contributed by atoms with Gasteiger partial charge in [-0.25, -0.2) is 0 Å². The van der Waals surface area contributed by atoms with Crippen LogP contribution in [0.3, 0.4) is 0 Å². The minimum Gasteiger partial charge on any atom is -0.484 e. The highest BCUT2D eigenvalue weighted by atomic mass is 79.9. The van der Waals surface area contributed by atoms with E-state index in [1.807, 2.05) is 20.8 Å². The van der Waals surface area contributed by atoms with Crippen LogP contribution in [0.5, 0.6) is 5.75 Å². The smallest absolute Gasteiger partial charge is 0.277 e. The van der Waals surface area contributed by atoms with Gasteiger partial charge in [-0.2, -0.15) is 5.10 Å². The maximum atomic E-state index is 12.4. The molecule has 0 spiro atoms. The largest absolute Gasteiger partial charge is 0.484 e. The summed E-state index contributed by atoms with van der Waals surface area (Å²) in [6.07, 6.45) is 0. The lowest BCUT2D eigenvalue weighted by atomic mass is 10.1. The number of hydrogen-bond acceptors (Lipinski definition) is 4. The third-order valence-electron chi connectivity index (χ3n) is 3.36. The lowest BCUT2D eigenvalue weighted by Crippen LogP contribution is -2.28. The van der Waals surface area contributed by atoms with Crippen LogP contribution in [-0.4, -0.2) is 35.2 Å². The van der Waals surface area contributed by atoms with E-state index in [1.54, 1.807) is 24.3 Å². The molecule has 1 aromatic carbocycles. The van der Waals surface area contributed by atoms with Crippen molar-refractivity contribution < 1.29 is 14.3 Å². The maximum Gasteiger partial charge on any atom is 0.277 e. The van der Waals surface area contributed by atoms with E-state index in [0.29, 0.717) is 22.5 Å². The SMILES string of the molecule is CCNC(=O)COc1cccc(NC(=O)c2n[nH]c(C(C)C)c2Br)c1. The van der Waals surface area contributed by atoms with E-state index >= 15 is 0 Å². The van der Waals surface area contributed by atoms with E-state index in [1.165, 1.54) is 0 Å². The first-order valence-corrected chi connectivity index (χ1v) is 8.76. The number of H-pyrrole nitrogens is 1. The number of nitrogens with zero attached hydrogens (tertiary/aromatic N) is 1. The van der Waals surface area contributed by atoms with Crippen LogP contribution in [-0.2, 0) is 4.79 Å². The molecule has 1 aromatic heterocycles. The quantitative estimate of drug-likeness (QED) is 0.655. The molecule has 0 bridgehead atoms. The molecule has 2 aromatic rings. The van der Waals surface area contributed by atoms with Gasteiger partial charge in [-0.3, -0.25) is 14.7 Å². The van der Waals surface area contributed by atoms with Crippen LogP contribution in [0.4, 0.5) is 5.69 Å². The third-order valence-corrected chi connectivity index (χ3v) is 4.16. The summed E-state index contributed by atoms with van der Waals surface area (Å²) in [6.45, 7) is 6.33. The standard InChI is InChI=1S/C17H21BrN4O3/c1-4-19-13(23)9-25-12-7-5-6-11(8-12)20-17(24)16-14(18)15(10(2)3)21-22-16/h5-8,10H,4,9H2,1-3H3,(H,19,23)(H,20,24)(H,21,22). The number of carbonyl (C=O) groups excluding carboxylic acids is 2. The number of benzene rings is 1. The van der Waals surface area contributed by atoms with Crippen molar-refractivity contribution in [2.24, 2.45) is 0 Å². The number of anilines is 1. The van der Waals surface area contributed by atoms with Gasteiger partial charge in [-0.05, 0) is 40.9 Å². The summed E-state index contributed by atoms with van der Waals surface area (Å²) in [6, 6.07) is 6.85. The van der Waals surface area contributed by atoms with Crippen LogP contribution in [0, 0.1) is 0 Å². The zero-order valence-electron chi connectivity index (χ0n) is 14.4. The molecule has 0 aliphatic carbocycles. The predicted octanol–water partition coefficient (Wildman–Crippen LogP) is 3.06. The highest BCUT2D eigenvalue weighted by Crippen LogP contribution is 2.26. The van der Waals surface area contributed by atoms with Gasteiger partial charge in [0.1, 0.15) is 5.75 Å². The van der Waals surface area contributed by atoms with Crippen LogP contribution in [0.25, 0.3) is 0 Å². The second kappa shape index (κ2) is 8.66. The number of carbonyl (C=O) groups is 2. The fraction of sp³-hybridized carbons (Fsp3) is 0.353. The summed E-state index contributed by atoms with van der Waals surface area (Å²) in [5, 5.41) is 12.4. The topological polar surface area (TPSA) is 96.1 Å². The summed E-state index contributed by atoms with van der Waals surface area (Å²) in [5.41, 5.74) is 1.71. The molecular formula is C17H21BrN4O3. The van der Waals surface area contributed by atoms with Gasteiger partial charge in [0.2, 0.25) is 0 Å². The molecule has 1 heterocycles. The van der Waals surface area contributed by atoms with Gasteiger partial charge in [0.25, 0.3) is 11.8 Å². The van der Waals surface area contributed by atoms with Crippen molar-refractivity contribution >= 4 is 33.4 Å². The molecule has 0 saturated carbocycles. The minimum atomic E-state index is -0.337. The minimum absolute atomic E-state index is 0.0755. The van der Waals surface area contributed by atoms with Crippen LogP contribution in [0.2, 0.25) is 0 Å². The van der Waals surface area contributed by atoms with Crippen molar-refractivity contribution in [1.29, 1.82) is 0 Å². The molecule has 8 heteroatoms. The van der Waals surface area contributed by atoms with Crippen molar-refractivity contribution in [2.45, 2.75) is 26.7 Å². The Labute approximate surface area is 154 Å². The van der Waals surface area contributed by atoms with Gasteiger partial charge in [0.15, 0.2) is 12.3 Å². The lowest BCUT2D eigenvalue weighted by Gasteiger charge is -2.09. The number of rotatable bonds is 7. The van der Waals surface area contributed by atoms with Gasteiger partial charge in [-0.15, -0.1) is 0 Å². The first-order chi connectivity index (χ1) is 11.9. The van der Waals surface area contributed by atoms with Gasteiger partial charge < -0.3 is 15.4 Å². The summed E-state index contributed by atoms with van der Waals surface area (Å²) in [4.78, 5) is 23.8. The van der Waals surface area contributed by atoms with E-state index < -0.39 is 0 Å². The number of amides is 2. The maximum absolute atomic E-state index is 12.4. The Kier molecular flexibility index (Phi) is 6.58. The predicted molar refractivity (Wildman–Crippen MR) is 99.0 cm³/mol. The molecule has 0 saturated heterocycles. The molecule has 0 atom stereocenters. The zero-order valence-corrected chi connectivity index (χ0v) is 15.9. The molecule has 7 nitrogen and oxygen atoms in total. The number of aromatic nitrogens is 2. The van der Waals surface area contributed by atoms with Crippen molar-refractivity contribution in [3.63, 3.8) is 0 Å². The summed E-state index contributed by atoms with van der Waals surface area (Å²) < 4.78 is 6.07. The second-order valence-corrected chi connectivity index (χ2v) is 6.47. The molecule has 2 rings (SSSR count). The molecule has 0 fully saturated rings. The fourth-order valence-corrected chi connectivity index (χ4v) is 2.94. The van der Waals surface area contributed by atoms with E-state index in [4.69, 9.17) is 4.74 Å². The molecule has 0 aliphatic heterocycles. The third kappa shape index (κ3) is 5.06. The van der Waals surface area contributed by atoms with E-state index in [9.17, 15) is 9.59 Å². The van der Waals surface area contributed by atoms with Gasteiger partial charge in [0.05, 0.1) is 10.2 Å². The Balaban J connectivity index is 2.04. The molecule has 0 aliphatic rings. The number of ether oxygens (including phenoxy) is 1. The second-order valence-electron chi connectivity index (χ2n) is 5.68. The molecule has 0 unspecified atom stereocenters. The van der Waals surface area contributed by atoms with Gasteiger partial charge in [0, 0.05) is 18.3 Å². The van der Waals surface area contributed by atoms with Crippen LogP contribution in [0.1, 0.15) is 42.9 Å². The monoisotopic (exact) mass is 408 g/mol. The zero-order chi connectivity index (χ0) is 18.4. The molecule has 3 N–H and O–H groups in total. The van der Waals surface area contributed by atoms with E-state index in [2.05, 4.69) is 36.8 Å². The van der Waals surface area contributed by atoms with Crippen LogP contribution in [0.15, 0.2) is 28.7 Å². The van der Waals surface area contributed by atoms with Crippen molar-refractivity contribution in [2.75, 3.05) is 18.5 Å². The highest BCUT2D eigenvalue weighted by Gasteiger charge is 2.19. The summed E-state index contributed by atoms with van der Waals surface area (Å²) in [5.74, 6) is 0.178. The van der Waals surface area contributed by atoms with Gasteiger partial charge in [-0.1, -0.05) is 19.9 Å². The lowest BCUT2D eigenvalue weighted by molar-refractivity contribution is -0.122. The Morgan fingerprint density at radius 3 is 2.76 bits per heavy atom. The average molecular weight is 409 g/mol.